The molecule has 2 aliphatic heterocycles. The highest BCUT2D eigenvalue weighted by molar-refractivity contribution is 6.32. The van der Waals surface area contributed by atoms with Crippen LogP contribution in [0.1, 0.15) is 27.2 Å². The highest BCUT2D eigenvalue weighted by Gasteiger charge is 2.47. The fourth-order valence-electron chi connectivity index (χ4n) is 4.48. The summed E-state index contributed by atoms with van der Waals surface area (Å²) in [6, 6.07) is 3.56. The lowest BCUT2D eigenvalue weighted by Crippen LogP contribution is -2.50. The molecule has 35 heavy (non-hydrogen) atoms. The number of rotatable bonds is 3. The van der Waals surface area contributed by atoms with Crippen molar-refractivity contribution in [2.45, 2.75) is 44.9 Å². The van der Waals surface area contributed by atoms with Gasteiger partial charge in [-0.2, -0.15) is 0 Å². The summed E-state index contributed by atoms with van der Waals surface area (Å²) in [5.41, 5.74) is -0.170. The van der Waals surface area contributed by atoms with Crippen LogP contribution in [-0.2, 0) is 4.74 Å². The molecule has 9 nitrogen and oxygen atoms in total. The van der Waals surface area contributed by atoms with Crippen molar-refractivity contribution in [3.05, 3.63) is 41.2 Å². The van der Waals surface area contributed by atoms with Crippen molar-refractivity contribution in [3.63, 3.8) is 0 Å². The highest BCUT2D eigenvalue weighted by Crippen LogP contribution is 2.38. The van der Waals surface area contributed by atoms with Crippen molar-refractivity contribution in [2.24, 2.45) is 0 Å². The number of halogens is 3. The van der Waals surface area contributed by atoms with Crippen molar-refractivity contribution in [2.75, 3.05) is 23.3 Å². The number of nitrogens with zero attached hydrogens (tertiary/aromatic N) is 5. The Morgan fingerprint density at radius 2 is 2.00 bits per heavy atom. The Hall–Kier alpha value is -3.47. The van der Waals surface area contributed by atoms with E-state index < -0.39 is 28.0 Å². The molecule has 184 valence electrons. The maximum absolute atomic E-state index is 15.1. The van der Waals surface area contributed by atoms with Gasteiger partial charge in [0.25, 0.3) is 0 Å². The first-order valence-corrected chi connectivity index (χ1v) is 11.4. The predicted octanol–water partition coefficient (Wildman–Crippen LogP) is 4.60. The van der Waals surface area contributed by atoms with E-state index in [0.29, 0.717) is 19.5 Å². The second-order valence-electron chi connectivity index (χ2n) is 9.60. The predicted molar refractivity (Wildman–Crippen MR) is 126 cm³/mol. The number of carbonyl (C=O) groups is 1. The van der Waals surface area contributed by atoms with Gasteiger partial charge in [0.2, 0.25) is 0 Å². The smallest absolute Gasteiger partial charge is 0.410 e. The first-order valence-electron chi connectivity index (χ1n) is 11.0. The number of piperazine rings is 1. The fourth-order valence-corrected chi connectivity index (χ4v) is 4.64. The van der Waals surface area contributed by atoms with E-state index in [2.05, 4.69) is 20.3 Å². The number of ether oxygens (including phenoxy) is 1. The molecule has 1 aromatic carbocycles. The second kappa shape index (κ2) is 8.33. The van der Waals surface area contributed by atoms with Crippen LogP contribution in [0, 0.1) is 11.6 Å². The molecule has 2 N–H and O–H groups in total. The van der Waals surface area contributed by atoms with Crippen LogP contribution in [0.3, 0.4) is 0 Å². The number of aromatic nitrogens is 3. The minimum Gasteiger partial charge on any atom is -0.506 e. The number of phenolic OH excluding ortho intramolecular Hbond substituents is 1. The van der Waals surface area contributed by atoms with E-state index in [-0.39, 0.29) is 46.5 Å². The Bertz CT molecular complexity index is 1330. The summed E-state index contributed by atoms with van der Waals surface area (Å²) in [4.78, 5) is 28.8. The van der Waals surface area contributed by atoms with Gasteiger partial charge in [-0.15, -0.1) is 0 Å². The van der Waals surface area contributed by atoms with Crippen LogP contribution in [0.25, 0.3) is 11.0 Å². The first-order chi connectivity index (χ1) is 16.5. The Kier molecular flexibility index (Phi) is 5.54. The largest absolute Gasteiger partial charge is 0.506 e. The normalized spacial score (nSPS) is 19.5. The summed E-state index contributed by atoms with van der Waals surface area (Å²) < 4.78 is 35.1. The number of hydrogen-bond donors (Lipinski definition) is 2. The molecule has 2 aliphatic rings. The number of anilines is 3. The molecular formula is C23H23ClF2N6O3. The average Bonchev–Trinajstić information content (AvgIpc) is 3.39. The van der Waals surface area contributed by atoms with Gasteiger partial charge in [-0.3, -0.25) is 0 Å². The highest BCUT2D eigenvalue weighted by atomic mass is 35.5. The molecule has 0 aliphatic carbocycles. The van der Waals surface area contributed by atoms with Crippen LogP contribution in [0.15, 0.2) is 24.5 Å². The summed E-state index contributed by atoms with van der Waals surface area (Å²) in [6.45, 7) is 6.23. The van der Waals surface area contributed by atoms with E-state index in [4.69, 9.17) is 16.3 Å². The van der Waals surface area contributed by atoms with Crippen LogP contribution >= 0.6 is 11.6 Å². The number of nitrogens with one attached hydrogen (secondary N) is 1. The molecule has 2 aromatic heterocycles. The van der Waals surface area contributed by atoms with Gasteiger partial charge >= 0.3 is 6.09 Å². The number of aromatic hydroxyl groups is 1. The minimum absolute atomic E-state index is 0.0336. The van der Waals surface area contributed by atoms with Crippen molar-refractivity contribution >= 4 is 46.1 Å². The number of likely N-dealkylation sites (tertiary alicyclic amines) is 1. The molecule has 2 saturated heterocycles. The maximum atomic E-state index is 15.1. The summed E-state index contributed by atoms with van der Waals surface area (Å²) >= 11 is 5.80. The molecule has 2 atom stereocenters. The zero-order valence-electron chi connectivity index (χ0n) is 19.2. The Morgan fingerprint density at radius 3 is 2.69 bits per heavy atom. The topological polar surface area (TPSA) is 104 Å². The zero-order chi connectivity index (χ0) is 25.1. The van der Waals surface area contributed by atoms with Crippen LogP contribution in [0.2, 0.25) is 5.02 Å². The quantitative estimate of drug-likeness (QED) is 0.499. The molecule has 0 radical (unpaired) electrons. The molecule has 1 amide bonds. The third kappa shape index (κ3) is 4.24. The molecule has 3 aromatic rings. The zero-order valence-corrected chi connectivity index (χ0v) is 20.0. The van der Waals surface area contributed by atoms with Crippen LogP contribution in [-0.4, -0.2) is 61.8 Å². The fraction of sp³-hybridized carbons (Fsp3) is 0.391. The molecule has 0 saturated carbocycles. The molecule has 0 unspecified atom stereocenters. The third-order valence-electron chi connectivity index (χ3n) is 6.00. The minimum atomic E-state index is -0.861. The van der Waals surface area contributed by atoms with Crippen molar-refractivity contribution in [1.82, 2.24) is 19.9 Å². The van der Waals surface area contributed by atoms with Crippen molar-refractivity contribution < 1.29 is 23.4 Å². The Morgan fingerprint density at radius 1 is 1.23 bits per heavy atom. The third-order valence-corrected chi connectivity index (χ3v) is 6.36. The SMILES string of the molecule is CC(C)(C)OC(=O)N1C[C@@H]2C[C@H]1CN2c1nc2c(Nc3ccc(O)c(Cl)c3F)ncnc2cc1F. The van der Waals surface area contributed by atoms with Crippen LogP contribution in [0.4, 0.5) is 30.9 Å². The molecule has 2 bridgehead atoms. The van der Waals surface area contributed by atoms with Crippen LogP contribution in [0.5, 0.6) is 5.75 Å². The van der Waals surface area contributed by atoms with Crippen molar-refractivity contribution in [3.8, 4) is 5.75 Å². The number of phenols is 1. The second-order valence-corrected chi connectivity index (χ2v) is 9.98. The van der Waals surface area contributed by atoms with Crippen molar-refractivity contribution in [1.29, 1.82) is 0 Å². The van der Waals surface area contributed by atoms with E-state index in [1.165, 1.54) is 24.5 Å². The van der Waals surface area contributed by atoms with Gasteiger partial charge in [0.15, 0.2) is 23.3 Å². The number of benzene rings is 1. The van der Waals surface area contributed by atoms with Crippen LogP contribution < -0.4 is 10.2 Å². The van der Waals surface area contributed by atoms with Gasteiger partial charge in [-0.1, -0.05) is 11.6 Å². The number of amides is 1. The lowest BCUT2D eigenvalue weighted by atomic mass is 10.2. The van der Waals surface area contributed by atoms with E-state index in [0.717, 1.165) is 0 Å². The van der Waals surface area contributed by atoms with E-state index in [1.807, 2.05) is 25.7 Å². The van der Waals surface area contributed by atoms with Gasteiger partial charge in [-0.25, -0.2) is 28.5 Å². The molecule has 4 heterocycles. The summed E-state index contributed by atoms with van der Waals surface area (Å²) in [5.74, 6) is -1.56. The van der Waals surface area contributed by atoms with E-state index in [1.54, 1.807) is 4.90 Å². The first kappa shape index (κ1) is 23.3. The van der Waals surface area contributed by atoms with Gasteiger partial charge in [0.05, 0.1) is 23.3 Å². The lowest BCUT2D eigenvalue weighted by molar-refractivity contribution is 0.0214. The summed E-state index contributed by atoms with van der Waals surface area (Å²) in [7, 11) is 0. The standard InChI is InChI=1S/C23H23ClF2N6O3/c1-23(2,3)35-22(34)32-9-11-6-12(32)8-31(11)21-13(25)7-15-19(30-21)20(28-10-27-15)29-14-4-5-16(33)17(24)18(14)26/h4-5,7,10-12,33H,6,8-9H2,1-3H3,(H,27,28,29)/t11-,12-/m0/s1. The number of carbonyl (C=O) groups excluding carboxylic acids is 1. The number of fused-ring (bicyclic) bond motifs is 3. The molecule has 2 fully saturated rings. The Balaban J connectivity index is 1.44. The number of pyridine rings is 1. The van der Waals surface area contributed by atoms with Gasteiger partial charge < -0.3 is 25.0 Å². The molecular weight excluding hydrogens is 482 g/mol. The molecule has 12 heteroatoms. The molecule has 0 spiro atoms. The van der Waals surface area contributed by atoms with Gasteiger partial charge in [0, 0.05) is 19.2 Å². The average molecular weight is 505 g/mol. The van der Waals surface area contributed by atoms with Gasteiger partial charge in [0.1, 0.15) is 28.2 Å². The summed E-state index contributed by atoms with van der Waals surface area (Å²) in [5, 5.41) is 12.0. The molecule has 5 rings (SSSR count). The van der Waals surface area contributed by atoms with E-state index >= 15 is 4.39 Å². The van der Waals surface area contributed by atoms with E-state index in [9.17, 15) is 14.3 Å². The van der Waals surface area contributed by atoms with Gasteiger partial charge in [-0.05, 0) is 39.3 Å². The monoisotopic (exact) mass is 504 g/mol. The summed E-state index contributed by atoms with van der Waals surface area (Å²) in [6.07, 6.45) is 1.50. The maximum Gasteiger partial charge on any atom is 0.410 e. The lowest BCUT2D eigenvalue weighted by Gasteiger charge is -2.35. The number of hydrogen-bond acceptors (Lipinski definition) is 8. The Labute approximate surface area is 204 Å².